The molecule has 0 unspecified atom stereocenters. The fraction of sp³-hybridized carbons (Fsp3) is 0.810. The zero-order chi connectivity index (χ0) is 20.7. The van der Waals surface area contributed by atoms with Crippen LogP contribution < -0.4 is 0 Å². The van der Waals surface area contributed by atoms with Crippen LogP contribution in [0.2, 0.25) is 0 Å². The Morgan fingerprint density at radius 1 is 1.35 bits per heavy atom. The summed E-state index contributed by atoms with van der Waals surface area (Å²) in [7, 11) is 0. The molecule has 2 saturated carbocycles. The molecule has 0 aromatic carbocycles. The minimum absolute atomic E-state index is 0.0932. The van der Waals surface area contributed by atoms with E-state index in [4.69, 9.17) is 13.3 Å². The van der Waals surface area contributed by atoms with Gasteiger partial charge in [-0.05, 0) is 75.0 Å². The molecule has 0 amide bonds. The third-order valence-electron chi connectivity index (χ3n) is 7.40. The van der Waals surface area contributed by atoms with Crippen LogP contribution in [0, 0.1) is 41.4 Å². The van der Waals surface area contributed by atoms with Gasteiger partial charge in [0.1, 0.15) is 5.60 Å². The number of hydrogen-bond donors (Lipinski definition) is 2. The van der Waals surface area contributed by atoms with Crippen molar-refractivity contribution in [2.45, 2.75) is 76.8 Å². The normalized spacial score (nSPS) is 58.3. The SMILES string of the molecule is [2H]C([2H])([2H])[C@@H]1CC2=C(CC[C@H](O)C2)[C@H]2CC[C@@]3(C)[C@@H](CC([2H])([2H])[C@@]3(O)C#C)[C@@H]21. The third kappa shape index (κ3) is 2.02. The summed E-state index contributed by atoms with van der Waals surface area (Å²) in [6.07, 6.45) is 7.23. The Labute approximate surface area is 147 Å². The number of hydrogen-bond acceptors (Lipinski definition) is 2. The third-order valence-corrected chi connectivity index (χ3v) is 7.40. The molecule has 0 bridgehead atoms. The van der Waals surface area contributed by atoms with E-state index in [0.717, 1.165) is 18.4 Å². The van der Waals surface area contributed by atoms with Gasteiger partial charge in [0, 0.05) is 12.3 Å². The van der Waals surface area contributed by atoms with Crippen molar-refractivity contribution >= 4 is 0 Å². The molecule has 4 rings (SSSR count). The van der Waals surface area contributed by atoms with Crippen LogP contribution in [0.15, 0.2) is 11.1 Å². The topological polar surface area (TPSA) is 40.5 Å². The van der Waals surface area contributed by atoms with E-state index in [0.29, 0.717) is 25.7 Å². The predicted octanol–water partition coefficient (Wildman–Crippen LogP) is 3.67. The van der Waals surface area contributed by atoms with Crippen LogP contribution in [0.25, 0.3) is 0 Å². The molecule has 4 aliphatic rings. The number of aliphatic hydroxyl groups is 2. The predicted molar refractivity (Wildman–Crippen MR) is 91.5 cm³/mol. The van der Waals surface area contributed by atoms with Crippen LogP contribution in [-0.4, -0.2) is 21.9 Å². The highest BCUT2D eigenvalue weighted by Crippen LogP contribution is 2.65. The van der Waals surface area contributed by atoms with Gasteiger partial charge in [0.2, 0.25) is 0 Å². The van der Waals surface area contributed by atoms with Crippen LogP contribution in [0.3, 0.4) is 0 Å². The van der Waals surface area contributed by atoms with Crippen LogP contribution >= 0.6 is 0 Å². The second kappa shape index (κ2) is 5.11. The Hall–Kier alpha value is -0.780. The van der Waals surface area contributed by atoms with E-state index in [-0.39, 0.29) is 24.2 Å². The van der Waals surface area contributed by atoms with E-state index in [9.17, 15) is 10.2 Å². The van der Waals surface area contributed by atoms with Crippen molar-refractivity contribution < 1.29 is 17.1 Å². The molecule has 2 nitrogen and oxygen atoms in total. The first-order valence-corrected chi connectivity index (χ1v) is 8.95. The first-order chi connectivity index (χ1) is 12.9. The van der Waals surface area contributed by atoms with E-state index in [1.54, 1.807) is 0 Å². The highest BCUT2D eigenvalue weighted by atomic mass is 16.3. The second-order valence-corrected chi connectivity index (χ2v) is 8.32. The molecule has 23 heavy (non-hydrogen) atoms. The summed E-state index contributed by atoms with van der Waals surface area (Å²) in [6, 6.07) is 0. The minimum atomic E-state index is -2.16. The molecule has 2 heteroatoms. The number of fused-ring (bicyclic) bond motifs is 4. The summed E-state index contributed by atoms with van der Waals surface area (Å²) in [5.74, 6) is 1.41. The van der Waals surface area contributed by atoms with E-state index >= 15 is 0 Å². The van der Waals surface area contributed by atoms with Crippen LogP contribution in [0.5, 0.6) is 0 Å². The monoisotopic (exact) mass is 319 g/mol. The summed E-state index contributed by atoms with van der Waals surface area (Å²) in [5.41, 5.74) is -0.304. The second-order valence-electron chi connectivity index (χ2n) is 8.32. The van der Waals surface area contributed by atoms with Crippen molar-refractivity contribution in [1.82, 2.24) is 0 Å². The van der Waals surface area contributed by atoms with Gasteiger partial charge < -0.3 is 10.2 Å². The first-order valence-electron chi connectivity index (χ1n) is 11.4. The first kappa shape index (κ1) is 11.0. The van der Waals surface area contributed by atoms with Gasteiger partial charge >= 0.3 is 0 Å². The standard InChI is InChI=1S/C21H30O2/c1-4-21(23)10-8-18-19-13(2)11-14-12-15(22)5-6-16(14)17(19)7-9-20(18,21)3/h1,13,15,17-19,22-23H,5-12H2,2-3H3/t13-,15+,17-,18+,19-,20+,21+/m1/s1/i2D3,10D2. The number of rotatable bonds is 0. The van der Waals surface area contributed by atoms with Crippen molar-refractivity contribution in [2.75, 3.05) is 0 Å². The molecular formula is C21H30O2. The van der Waals surface area contributed by atoms with Crippen molar-refractivity contribution in [3.8, 4) is 12.3 Å². The van der Waals surface area contributed by atoms with Gasteiger partial charge in [-0.15, -0.1) is 6.42 Å². The number of aliphatic hydroxyl groups excluding tert-OH is 1. The molecular weight excluding hydrogens is 284 g/mol. The minimum Gasteiger partial charge on any atom is -0.393 e. The fourth-order valence-corrected chi connectivity index (χ4v) is 6.07. The summed E-state index contributed by atoms with van der Waals surface area (Å²) < 4.78 is 41.6. The van der Waals surface area contributed by atoms with Gasteiger partial charge in [-0.25, -0.2) is 0 Å². The summed E-state index contributed by atoms with van der Waals surface area (Å²) in [5, 5.41) is 21.3. The lowest BCUT2D eigenvalue weighted by atomic mass is 9.50. The van der Waals surface area contributed by atoms with Crippen LogP contribution in [-0.2, 0) is 0 Å². The average Bonchev–Trinajstić information content (AvgIpc) is 2.76. The smallest absolute Gasteiger partial charge is 0.130 e. The zero-order valence-corrected chi connectivity index (χ0v) is 13.8. The molecule has 4 aliphatic carbocycles. The van der Waals surface area contributed by atoms with Crippen molar-refractivity contribution in [3.63, 3.8) is 0 Å². The molecule has 0 aromatic heterocycles. The molecule has 2 fully saturated rings. The van der Waals surface area contributed by atoms with E-state index in [1.165, 1.54) is 5.57 Å². The highest BCUT2D eigenvalue weighted by molar-refractivity contribution is 5.30. The number of allylic oxidation sites excluding steroid dienone is 1. The van der Waals surface area contributed by atoms with Gasteiger partial charge in [-0.3, -0.25) is 0 Å². The maximum Gasteiger partial charge on any atom is 0.130 e. The van der Waals surface area contributed by atoms with Gasteiger partial charge in [0.15, 0.2) is 0 Å². The molecule has 0 radical (unpaired) electrons. The largest absolute Gasteiger partial charge is 0.393 e. The van der Waals surface area contributed by atoms with Crippen molar-refractivity contribution in [2.24, 2.45) is 29.1 Å². The summed E-state index contributed by atoms with van der Waals surface area (Å²) in [4.78, 5) is 0. The maximum absolute atomic E-state index is 11.2. The summed E-state index contributed by atoms with van der Waals surface area (Å²) in [6.45, 7) is -0.296. The molecule has 0 saturated heterocycles. The van der Waals surface area contributed by atoms with E-state index in [2.05, 4.69) is 5.92 Å². The Kier molecular flexibility index (Phi) is 2.43. The van der Waals surface area contributed by atoms with E-state index in [1.807, 2.05) is 6.92 Å². The molecule has 0 aromatic rings. The molecule has 0 aliphatic heterocycles. The maximum atomic E-state index is 11.2. The Morgan fingerprint density at radius 2 is 2.17 bits per heavy atom. The number of terminal acetylenes is 1. The van der Waals surface area contributed by atoms with E-state index < -0.39 is 36.3 Å². The zero-order valence-electron chi connectivity index (χ0n) is 18.8. The Morgan fingerprint density at radius 3 is 2.91 bits per heavy atom. The lowest BCUT2D eigenvalue weighted by molar-refractivity contribution is -0.0813. The molecule has 7 atom stereocenters. The lowest BCUT2D eigenvalue weighted by Gasteiger charge is -2.55. The molecule has 126 valence electrons. The van der Waals surface area contributed by atoms with Gasteiger partial charge in [0.25, 0.3) is 0 Å². The Bertz CT molecular complexity index is 751. The van der Waals surface area contributed by atoms with Crippen molar-refractivity contribution in [3.05, 3.63) is 11.1 Å². The quantitative estimate of drug-likeness (QED) is 0.528. The molecule has 2 N–H and O–H groups in total. The van der Waals surface area contributed by atoms with Gasteiger partial charge in [0.05, 0.1) is 6.10 Å². The van der Waals surface area contributed by atoms with Gasteiger partial charge in [-0.2, -0.15) is 0 Å². The Balaban J connectivity index is 1.83. The highest BCUT2D eigenvalue weighted by Gasteiger charge is 2.62. The van der Waals surface area contributed by atoms with Crippen molar-refractivity contribution in [1.29, 1.82) is 0 Å². The average molecular weight is 319 g/mol. The summed E-state index contributed by atoms with van der Waals surface area (Å²) >= 11 is 0. The fourth-order valence-electron chi connectivity index (χ4n) is 6.07. The van der Waals surface area contributed by atoms with Gasteiger partial charge in [-0.1, -0.05) is 30.8 Å². The molecule has 0 heterocycles. The van der Waals surface area contributed by atoms with Crippen LogP contribution in [0.1, 0.15) is 71.9 Å². The lowest BCUT2D eigenvalue weighted by Crippen LogP contribution is -2.52. The molecule has 0 spiro atoms. The van der Waals surface area contributed by atoms with Crippen LogP contribution in [0.4, 0.5) is 0 Å².